The first-order valence-corrected chi connectivity index (χ1v) is 9.15. The molecule has 1 aromatic rings. The van der Waals surface area contributed by atoms with Crippen molar-refractivity contribution in [2.24, 2.45) is 11.7 Å². The van der Waals surface area contributed by atoms with Crippen LogP contribution in [0.15, 0.2) is 29.2 Å². The van der Waals surface area contributed by atoms with Gasteiger partial charge in [-0.2, -0.15) is 11.8 Å². The Morgan fingerprint density at radius 1 is 1.35 bits per heavy atom. The third-order valence-corrected chi connectivity index (χ3v) is 4.91. The Bertz CT molecular complexity index is 571. The van der Waals surface area contributed by atoms with Crippen LogP contribution in [0.4, 0.5) is 0 Å². The summed E-state index contributed by atoms with van der Waals surface area (Å²) < 4.78 is 26.8. The fourth-order valence-electron chi connectivity index (χ4n) is 1.55. The summed E-state index contributed by atoms with van der Waals surface area (Å²) in [5, 5.41) is 0. The molecule has 0 saturated carbocycles. The summed E-state index contributed by atoms with van der Waals surface area (Å²) in [7, 11) is -3.44. The van der Waals surface area contributed by atoms with Crippen molar-refractivity contribution in [2.75, 3.05) is 25.1 Å². The van der Waals surface area contributed by atoms with E-state index in [9.17, 15) is 8.42 Å². The minimum atomic E-state index is -3.44. The molecule has 1 rings (SSSR count). The molecule has 0 bridgehead atoms. The van der Waals surface area contributed by atoms with Crippen LogP contribution >= 0.6 is 11.8 Å². The molecule has 0 aliphatic heterocycles. The number of nitrogens with two attached hydrogens (primary N) is 1. The van der Waals surface area contributed by atoms with E-state index in [0.29, 0.717) is 12.5 Å². The second kappa shape index (κ2) is 8.32. The van der Waals surface area contributed by atoms with Crippen LogP contribution < -0.4 is 10.5 Å². The van der Waals surface area contributed by atoms with Crippen molar-refractivity contribution in [3.05, 3.63) is 29.8 Å². The summed E-state index contributed by atoms with van der Waals surface area (Å²) in [6, 6.07) is 6.48. The van der Waals surface area contributed by atoms with Gasteiger partial charge in [0.05, 0.1) is 11.4 Å². The smallest absolute Gasteiger partial charge is 0.240 e. The first-order valence-electron chi connectivity index (χ1n) is 6.27. The van der Waals surface area contributed by atoms with Crippen LogP contribution in [-0.4, -0.2) is 33.5 Å². The van der Waals surface area contributed by atoms with Crippen molar-refractivity contribution >= 4 is 21.8 Å². The van der Waals surface area contributed by atoms with E-state index < -0.39 is 10.0 Å². The van der Waals surface area contributed by atoms with Crippen LogP contribution in [0.5, 0.6) is 0 Å². The number of thioether (sulfide) groups is 1. The fraction of sp³-hybridized carbons (Fsp3) is 0.429. The number of hydrogen-bond donors (Lipinski definition) is 2. The van der Waals surface area contributed by atoms with E-state index in [-0.39, 0.29) is 11.4 Å². The first kappa shape index (κ1) is 17.1. The first-order chi connectivity index (χ1) is 9.49. The maximum atomic E-state index is 12.1. The van der Waals surface area contributed by atoms with Crippen LogP contribution in [0, 0.1) is 17.8 Å². The van der Waals surface area contributed by atoms with E-state index in [2.05, 4.69) is 16.6 Å². The van der Waals surface area contributed by atoms with Gasteiger partial charge in [-0.3, -0.25) is 0 Å². The Kier molecular flexibility index (Phi) is 7.10. The fourth-order valence-corrected chi connectivity index (χ4v) is 3.40. The lowest BCUT2D eigenvalue weighted by Crippen LogP contribution is -2.29. The van der Waals surface area contributed by atoms with Crippen molar-refractivity contribution in [3.8, 4) is 11.8 Å². The van der Waals surface area contributed by atoms with Gasteiger partial charge in [-0.1, -0.05) is 18.8 Å². The third-order valence-electron chi connectivity index (χ3n) is 2.57. The van der Waals surface area contributed by atoms with E-state index in [4.69, 9.17) is 5.73 Å². The molecule has 0 spiro atoms. The van der Waals surface area contributed by atoms with Crippen LogP contribution in [-0.2, 0) is 10.0 Å². The molecule has 110 valence electrons. The van der Waals surface area contributed by atoms with Gasteiger partial charge in [0, 0.05) is 12.1 Å². The van der Waals surface area contributed by atoms with E-state index in [1.54, 1.807) is 36.0 Å². The average Bonchev–Trinajstić information content (AvgIpc) is 2.44. The highest BCUT2D eigenvalue weighted by atomic mass is 32.2. The normalized spacial score (nSPS) is 12.6. The SMILES string of the molecule is CSCC(C)CNS(=O)(=O)c1ccc(C#CCN)cc1. The second-order valence-electron chi connectivity index (χ2n) is 4.44. The third kappa shape index (κ3) is 5.55. The maximum absolute atomic E-state index is 12.1. The van der Waals surface area contributed by atoms with Crippen molar-refractivity contribution in [3.63, 3.8) is 0 Å². The Morgan fingerprint density at radius 3 is 2.55 bits per heavy atom. The zero-order valence-electron chi connectivity index (χ0n) is 11.7. The Labute approximate surface area is 125 Å². The number of hydrogen-bond acceptors (Lipinski definition) is 4. The van der Waals surface area contributed by atoms with Crippen LogP contribution in [0.1, 0.15) is 12.5 Å². The number of benzene rings is 1. The molecule has 0 heterocycles. The molecule has 1 aromatic carbocycles. The number of nitrogens with one attached hydrogen (secondary N) is 1. The summed E-state index contributed by atoms with van der Waals surface area (Å²) in [4.78, 5) is 0.257. The largest absolute Gasteiger partial charge is 0.320 e. The van der Waals surface area contributed by atoms with E-state index in [1.807, 2.05) is 13.2 Å². The zero-order chi connectivity index (χ0) is 15.0. The Morgan fingerprint density at radius 2 is 2.00 bits per heavy atom. The van der Waals surface area contributed by atoms with Gasteiger partial charge in [0.15, 0.2) is 0 Å². The Hall–Kier alpha value is -1.00. The molecule has 0 aliphatic rings. The lowest BCUT2D eigenvalue weighted by Gasteiger charge is -2.11. The van der Waals surface area contributed by atoms with E-state index in [1.165, 1.54) is 0 Å². The molecule has 0 radical (unpaired) electrons. The molecule has 0 fully saturated rings. The lowest BCUT2D eigenvalue weighted by molar-refractivity contribution is 0.562. The van der Waals surface area contributed by atoms with Crippen molar-refractivity contribution in [1.29, 1.82) is 0 Å². The molecule has 0 aliphatic carbocycles. The summed E-state index contributed by atoms with van der Waals surface area (Å²) in [5.41, 5.74) is 6.04. The zero-order valence-corrected chi connectivity index (χ0v) is 13.4. The summed E-state index contributed by atoms with van der Waals surface area (Å²) in [5.74, 6) is 6.81. The van der Waals surface area contributed by atoms with Crippen molar-refractivity contribution in [2.45, 2.75) is 11.8 Å². The van der Waals surface area contributed by atoms with Gasteiger partial charge in [0.1, 0.15) is 0 Å². The summed E-state index contributed by atoms with van der Waals surface area (Å²) in [6.07, 6.45) is 2.01. The van der Waals surface area contributed by atoms with Gasteiger partial charge in [-0.05, 0) is 42.2 Å². The van der Waals surface area contributed by atoms with Crippen LogP contribution in [0.3, 0.4) is 0 Å². The molecule has 20 heavy (non-hydrogen) atoms. The number of rotatable bonds is 6. The summed E-state index contributed by atoms with van der Waals surface area (Å²) in [6.45, 7) is 2.75. The van der Waals surface area contributed by atoms with Crippen LogP contribution in [0.2, 0.25) is 0 Å². The van der Waals surface area contributed by atoms with Crippen molar-refractivity contribution in [1.82, 2.24) is 4.72 Å². The van der Waals surface area contributed by atoms with Gasteiger partial charge in [0.25, 0.3) is 0 Å². The van der Waals surface area contributed by atoms with Gasteiger partial charge in [0.2, 0.25) is 10.0 Å². The van der Waals surface area contributed by atoms with Gasteiger partial charge < -0.3 is 5.73 Å². The minimum Gasteiger partial charge on any atom is -0.320 e. The lowest BCUT2D eigenvalue weighted by atomic mass is 10.2. The monoisotopic (exact) mass is 312 g/mol. The highest BCUT2D eigenvalue weighted by Gasteiger charge is 2.14. The molecule has 0 aromatic heterocycles. The van der Waals surface area contributed by atoms with E-state index in [0.717, 1.165) is 11.3 Å². The maximum Gasteiger partial charge on any atom is 0.240 e. The molecule has 4 nitrogen and oxygen atoms in total. The van der Waals surface area contributed by atoms with Gasteiger partial charge in [-0.25, -0.2) is 13.1 Å². The molecule has 1 atom stereocenters. The van der Waals surface area contributed by atoms with Gasteiger partial charge >= 0.3 is 0 Å². The van der Waals surface area contributed by atoms with Crippen molar-refractivity contribution < 1.29 is 8.42 Å². The summed E-state index contributed by atoms with van der Waals surface area (Å²) >= 11 is 1.71. The highest BCUT2D eigenvalue weighted by molar-refractivity contribution is 7.98. The average molecular weight is 312 g/mol. The molecule has 0 amide bonds. The molecule has 6 heteroatoms. The molecular weight excluding hydrogens is 292 g/mol. The predicted octanol–water partition coefficient (Wildman–Crippen LogP) is 1.27. The van der Waals surface area contributed by atoms with Crippen LogP contribution in [0.25, 0.3) is 0 Å². The topological polar surface area (TPSA) is 72.2 Å². The highest BCUT2D eigenvalue weighted by Crippen LogP contribution is 2.11. The molecule has 0 saturated heterocycles. The Balaban J connectivity index is 2.72. The molecular formula is C14H20N2O2S2. The quantitative estimate of drug-likeness (QED) is 0.776. The van der Waals surface area contributed by atoms with E-state index >= 15 is 0 Å². The molecule has 3 N–H and O–H groups in total. The minimum absolute atomic E-state index is 0.257. The predicted molar refractivity (Wildman–Crippen MR) is 85.1 cm³/mol. The molecule has 1 unspecified atom stereocenters. The van der Waals surface area contributed by atoms with Gasteiger partial charge in [-0.15, -0.1) is 0 Å². The second-order valence-corrected chi connectivity index (χ2v) is 7.12. The standard InChI is InChI=1S/C14H20N2O2S2/c1-12(11-19-2)10-16-20(17,18)14-7-5-13(6-8-14)4-3-9-15/h5-8,12,16H,9-11,15H2,1-2H3. The number of sulfonamides is 1.